The number of rotatable bonds is 17. The standard InChI is InChI=1S/C27H38FNO6S/c1-2-3-5-26(32)34-16-17-35-27(33)6-4-18-36-19-15-29-23(12-14-25(29)31)11-13-24(30)20-21-7-9-22(28)10-8-21/h7-11,13,23-24,30H,2-6,12,14-20H2,1H3/t23-,24+/m0/s1. The van der Waals surface area contributed by atoms with E-state index in [1.54, 1.807) is 30.0 Å². The number of carbonyl (C=O) groups is 3. The average molecular weight is 524 g/mol. The van der Waals surface area contributed by atoms with E-state index in [-0.39, 0.29) is 42.9 Å². The number of unbranched alkanes of at least 4 members (excludes halogenated alkanes) is 1. The van der Waals surface area contributed by atoms with Gasteiger partial charge < -0.3 is 19.5 Å². The van der Waals surface area contributed by atoms with Crippen LogP contribution >= 0.6 is 11.8 Å². The molecule has 200 valence electrons. The lowest BCUT2D eigenvalue weighted by atomic mass is 10.1. The lowest BCUT2D eigenvalue weighted by molar-refractivity contribution is -0.152. The molecule has 1 aliphatic rings. The van der Waals surface area contributed by atoms with E-state index in [0.29, 0.717) is 38.6 Å². The SMILES string of the molecule is CCCCC(=O)OCCOC(=O)CCCSCCN1C(=O)CC[C@@H]1C=C[C@@H](O)Cc1ccc(F)cc1. The number of hydrogen-bond acceptors (Lipinski definition) is 7. The molecule has 1 N–H and O–H groups in total. The van der Waals surface area contributed by atoms with Crippen molar-refractivity contribution < 1.29 is 33.4 Å². The fourth-order valence-electron chi connectivity index (χ4n) is 3.79. The van der Waals surface area contributed by atoms with Crippen molar-refractivity contribution in [2.24, 2.45) is 0 Å². The molecule has 0 spiro atoms. The van der Waals surface area contributed by atoms with E-state index < -0.39 is 6.10 Å². The Bertz CT molecular complexity index is 847. The number of aliphatic hydroxyl groups excluding tert-OH is 1. The molecule has 2 rings (SSSR count). The maximum Gasteiger partial charge on any atom is 0.305 e. The molecule has 1 saturated heterocycles. The van der Waals surface area contributed by atoms with E-state index in [1.807, 2.05) is 17.9 Å². The number of esters is 2. The number of aliphatic hydroxyl groups is 1. The van der Waals surface area contributed by atoms with E-state index in [1.165, 1.54) is 12.1 Å². The van der Waals surface area contributed by atoms with Crippen LogP contribution in [-0.4, -0.2) is 71.3 Å². The number of thioether (sulfide) groups is 1. The van der Waals surface area contributed by atoms with Gasteiger partial charge in [-0.05, 0) is 42.7 Å². The molecule has 1 amide bonds. The number of carbonyl (C=O) groups excluding carboxylic acids is 3. The van der Waals surface area contributed by atoms with Crippen molar-refractivity contribution in [3.05, 3.63) is 47.8 Å². The Balaban J connectivity index is 1.57. The Morgan fingerprint density at radius 1 is 1.14 bits per heavy atom. The summed E-state index contributed by atoms with van der Waals surface area (Å²) in [5.41, 5.74) is 0.846. The normalized spacial score (nSPS) is 16.5. The number of ether oxygens (including phenoxy) is 2. The van der Waals surface area contributed by atoms with Crippen LogP contribution in [0.2, 0.25) is 0 Å². The third kappa shape index (κ3) is 12.0. The molecule has 0 unspecified atom stereocenters. The second kappa shape index (κ2) is 17.1. The molecular formula is C27H38FNO6S. The van der Waals surface area contributed by atoms with E-state index in [4.69, 9.17) is 9.47 Å². The quantitative estimate of drug-likeness (QED) is 0.187. The largest absolute Gasteiger partial charge is 0.462 e. The summed E-state index contributed by atoms with van der Waals surface area (Å²) in [6, 6.07) is 6.02. The third-order valence-electron chi connectivity index (χ3n) is 5.78. The highest BCUT2D eigenvalue weighted by atomic mass is 32.2. The molecule has 36 heavy (non-hydrogen) atoms. The van der Waals surface area contributed by atoms with Gasteiger partial charge in [-0.15, -0.1) is 0 Å². The summed E-state index contributed by atoms with van der Waals surface area (Å²) in [5.74, 6) is 0.770. The molecule has 1 fully saturated rings. The van der Waals surface area contributed by atoms with Crippen LogP contribution in [0.3, 0.4) is 0 Å². The second-order valence-electron chi connectivity index (χ2n) is 8.74. The maximum absolute atomic E-state index is 13.0. The lowest BCUT2D eigenvalue weighted by Crippen LogP contribution is -2.34. The predicted octanol–water partition coefficient (Wildman–Crippen LogP) is 4.07. The zero-order valence-electron chi connectivity index (χ0n) is 21.0. The van der Waals surface area contributed by atoms with Gasteiger partial charge in [0, 0.05) is 38.0 Å². The Morgan fingerprint density at radius 3 is 2.47 bits per heavy atom. The Hall–Kier alpha value is -2.39. The van der Waals surface area contributed by atoms with Crippen LogP contribution in [-0.2, 0) is 30.3 Å². The molecule has 1 heterocycles. The van der Waals surface area contributed by atoms with Gasteiger partial charge >= 0.3 is 11.9 Å². The molecule has 0 saturated carbocycles. The summed E-state index contributed by atoms with van der Waals surface area (Å²) in [7, 11) is 0. The summed E-state index contributed by atoms with van der Waals surface area (Å²) in [6.07, 6.45) is 7.60. The van der Waals surface area contributed by atoms with Crippen LogP contribution in [0.25, 0.3) is 0 Å². The second-order valence-corrected chi connectivity index (χ2v) is 9.96. The first-order valence-electron chi connectivity index (χ1n) is 12.7. The van der Waals surface area contributed by atoms with E-state index in [0.717, 1.165) is 36.3 Å². The molecule has 1 aromatic rings. The fourth-order valence-corrected chi connectivity index (χ4v) is 4.67. The molecule has 9 heteroatoms. The Morgan fingerprint density at radius 2 is 1.81 bits per heavy atom. The molecule has 0 bridgehead atoms. The van der Waals surface area contributed by atoms with Crippen LogP contribution in [0.1, 0.15) is 57.4 Å². The summed E-state index contributed by atoms with van der Waals surface area (Å²) in [6.45, 7) is 2.78. The number of benzene rings is 1. The van der Waals surface area contributed by atoms with Gasteiger partial charge in [-0.25, -0.2) is 4.39 Å². The number of halogens is 1. The van der Waals surface area contributed by atoms with Crippen molar-refractivity contribution in [3.63, 3.8) is 0 Å². The van der Waals surface area contributed by atoms with Crippen LogP contribution in [0, 0.1) is 5.82 Å². The van der Waals surface area contributed by atoms with Crippen molar-refractivity contribution >= 4 is 29.6 Å². The van der Waals surface area contributed by atoms with Gasteiger partial charge in [0.15, 0.2) is 0 Å². The molecule has 1 aromatic carbocycles. The third-order valence-corrected chi connectivity index (χ3v) is 6.83. The fraction of sp³-hybridized carbons (Fsp3) is 0.593. The zero-order valence-corrected chi connectivity index (χ0v) is 21.8. The van der Waals surface area contributed by atoms with Gasteiger partial charge in [0.25, 0.3) is 0 Å². The summed E-state index contributed by atoms with van der Waals surface area (Å²) in [5, 5.41) is 10.3. The number of nitrogens with zero attached hydrogens (tertiary/aromatic N) is 1. The van der Waals surface area contributed by atoms with Crippen LogP contribution < -0.4 is 0 Å². The van der Waals surface area contributed by atoms with Crippen molar-refractivity contribution in [3.8, 4) is 0 Å². The minimum absolute atomic E-state index is 0.0352. The lowest BCUT2D eigenvalue weighted by Gasteiger charge is -2.22. The smallest absolute Gasteiger partial charge is 0.305 e. The van der Waals surface area contributed by atoms with E-state index in [2.05, 4.69) is 0 Å². The first-order valence-corrected chi connectivity index (χ1v) is 13.8. The molecule has 0 aliphatic carbocycles. The zero-order chi connectivity index (χ0) is 26.2. The Kier molecular flexibility index (Phi) is 14.2. The van der Waals surface area contributed by atoms with Gasteiger partial charge in [-0.3, -0.25) is 14.4 Å². The van der Waals surface area contributed by atoms with E-state index in [9.17, 15) is 23.9 Å². The summed E-state index contributed by atoms with van der Waals surface area (Å²) in [4.78, 5) is 37.3. The van der Waals surface area contributed by atoms with Crippen LogP contribution in [0.4, 0.5) is 4.39 Å². The van der Waals surface area contributed by atoms with Gasteiger partial charge in [0.2, 0.25) is 5.91 Å². The average Bonchev–Trinajstić information content (AvgIpc) is 3.21. The van der Waals surface area contributed by atoms with E-state index >= 15 is 0 Å². The Labute approximate surface area is 217 Å². The molecule has 7 nitrogen and oxygen atoms in total. The minimum Gasteiger partial charge on any atom is -0.462 e. The van der Waals surface area contributed by atoms with Gasteiger partial charge in [-0.2, -0.15) is 11.8 Å². The molecule has 2 atom stereocenters. The molecule has 0 aromatic heterocycles. The summed E-state index contributed by atoms with van der Waals surface area (Å²) < 4.78 is 23.1. The molecule has 1 aliphatic heterocycles. The highest BCUT2D eigenvalue weighted by molar-refractivity contribution is 7.99. The van der Waals surface area contributed by atoms with Crippen molar-refractivity contribution in [2.45, 2.75) is 70.4 Å². The van der Waals surface area contributed by atoms with Crippen LogP contribution in [0.5, 0.6) is 0 Å². The number of likely N-dealkylation sites (tertiary alicyclic amines) is 1. The van der Waals surface area contributed by atoms with Crippen molar-refractivity contribution in [2.75, 3.05) is 31.3 Å². The highest BCUT2D eigenvalue weighted by Gasteiger charge is 2.28. The minimum atomic E-state index is -0.699. The van der Waals surface area contributed by atoms with Gasteiger partial charge in [0.1, 0.15) is 19.0 Å². The first-order chi connectivity index (χ1) is 17.4. The molecule has 0 radical (unpaired) electrons. The van der Waals surface area contributed by atoms with Crippen molar-refractivity contribution in [1.29, 1.82) is 0 Å². The van der Waals surface area contributed by atoms with Gasteiger partial charge in [-0.1, -0.05) is 37.6 Å². The van der Waals surface area contributed by atoms with Gasteiger partial charge in [0.05, 0.1) is 12.1 Å². The molecular weight excluding hydrogens is 485 g/mol. The maximum atomic E-state index is 13.0. The van der Waals surface area contributed by atoms with Crippen LogP contribution in [0.15, 0.2) is 36.4 Å². The predicted molar refractivity (Wildman–Crippen MR) is 138 cm³/mol. The number of amides is 1. The first kappa shape index (κ1) is 29.8. The summed E-state index contributed by atoms with van der Waals surface area (Å²) >= 11 is 1.68. The monoisotopic (exact) mass is 523 g/mol. The highest BCUT2D eigenvalue weighted by Crippen LogP contribution is 2.21. The topological polar surface area (TPSA) is 93.1 Å². The number of hydrogen-bond donors (Lipinski definition) is 1. The van der Waals surface area contributed by atoms with Crippen molar-refractivity contribution in [1.82, 2.24) is 4.90 Å².